The summed E-state index contributed by atoms with van der Waals surface area (Å²) in [4.78, 5) is 4.93. The predicted octanol–water partition coefficient (Wildman–Crippen LogP) is 3.18. The average molecular weight is 273 g/mol. The van der Waals surface area contributed by atoms with Gasteiger partial charge in [-0.25, -0.2) is 0 Å². The molecule has 1 N–H and O–H groups in total. The number of nitrogens with zero attached hydrogens (tertiary/aromatic N) is 2. The van der Waals surface area contributed by atoms with E-state index in [1.165, 1.54) is 69.7 Å². The first-order valence-corrected chi connectivity index (χ1v) is 8.11. The van der Waals surface area contributed by atoms with Crippen LogP contribution < -0.4 is 10.2 Å². The summed E-state index contributed by atoms with van der Waals surface area (Å²) in [7, 11) is 2.21. The van der Waals surface area contributed by atoms with Crippen molar-refractivity contribution in [1.82, 2.24) is 4.90 Å². The summed E-state index contributed by atoms with van der Waals surface area (Å²) in [6, 6.07) is 9.71. The van der Waals surface area contributed by atoms with Crippen molar-refractivity contribution >= 4 is 11.4 Å². The minimum absolute atomic E-state index is 0.645. The normalized spacial score (nSPS) is 21.9. The first kappa shape index (κ1) is 13.7. The Balaban J connectivity index is 1.55. The molecule has 3 rings (SSSR count). The van der Waals surface area contributed by atoms with Gasteiger partial charge in [0.2, 0.25) is 0 Å². The molecule has 2 aliphatic rings. The Labute approximate surface area is 123 Å². The molecule has 0 bridgehead atoms. The highest BCUT2D eigenvalue weighted by atomic mass is 15.1. The Hall–Kier alpha value is -1.22. The summed E-state index contributed by atoms with van der Waals surface area (Å²) >= 11 is 0. The van der Waals surface area contributed by atoms with Gasteiger partial charge in [0, 0.05) is 30.5 Å². The van der Waals surface area contributed by atoms with E-state index in [0.29, 0.717) is 6.04 Å². The second-order valence-corrected chi connectivity index (χ2v) is 6.32. The van der Waals surface area contributed by atoms with E-state index in [1.807, 2.05) is 0 Å². The Morgan fingerprint density at radius 3 is 2.20 bits per heavy atom. The summed E-state index contributed by atoms with van der Waals surface area (Å²) in [5, 5.41) is 3.69. The SMILES string of the molecule is CN1CCC(Nc2ccc(N3CCCCC3)cc2)CC1. The third-order valence-electron chi connectivity index (χ3n) is 4.68. The first-order chi connectivity index (χ1) is 9.81. The molecule has 0 radical (unpaired) electrons. The van der Waals surface area contributed by atoms with E-state index in [9.17, 15) is 0 Å². The van der Waals surface area contributed by atoms with Crippen molar-refractivity contribution in [1.29, 1.82) is 0 Å². The molecule has 0 aliphatic carbocycles. The molecule has 0 saturated carbocycles. The van der Waals surface area contributed by atoms with Crippen molar-refractivity contribution in [2.75, 3.05) is 43.4 Å². The van der Waals surface area contributed by atoms with Gasteiger partial charge < -0.3 is 15.1 Å². The lowest BCUT2D eigenvalue weighted by Gasteiger charge is -2.31. The van der Waals surface area contributed by atoms with Gasteiger partial charge in [0.1, 0.15) is 0 Å². The van der Waals surface area contributed by atoms with Gasteiger partial charge in [-0.1, -0.05) is 0 Å². The molecule has 1 aromatic carbocycles. The van der Waals surface area contributed by atoms with E-state index in [2.05, 4.69) is 46.4 Å². The molecule has 1 aromatic rings. The fourth-order valence-electron chi connectivity index (χ4n) is 3.31. The third-order valence-corrected chi connectivity index (χ3v) is 4.68. The fourth-order valence-corrected chi connectivity index (χ4v) is 3.31. The van der Waals surface area contributed by atoms with Gasteiger partial charge in [0.25, 0.3) is 0 Å². The molecular weight excluding hydrogens is 246 g/mol. The van der Waals surface area contributed by atoms with Crippen LogP contribution in [0.2, 0.25) is 0 Å². The number of benzene rings is 1. The monoisotopic (exact) mass is 273 g/mol. The summed E-state index contributed by atoms with van der Waals surface area (Å²) in [5.41, 5.74) is 2.67. The lowest BCUT2D eigenvalue weighted by molar-refractivity contribution is 0.264. The van der Waals surface area contributed by atoms with E-state index in [0.717, 1.165) is 0 Å². The first-order valence-electron chi connectivity index (χ1n) is 8.11. The van der Waals surface area contributed by atoms with E-state index in [1.54, 1.807) is 0 Å². The van der Waals surface area contributed by atoms with E-state index < -0.39 is 0 Å². The number of anilines is 2. The highest BCUT2D eigenvalue weighted by Gasteiger charge is 2.16. The lowest BCUT2D eigenvalue weighted by atomic mass is 10.1. The summed E-state index contributed by atoms with van der Waals surface area (Å²) in [5.74, 6) is 0. The van der Waals surface area contributed by atoms with Gasteiger partial charge in [-0.15, -0.1) is 0 Å². The van der Waals surface area contributed by atoms with E-state index in [4.69, 9.17) is 0 Å². The van der Waals surface area contributed by atoms with Gasteiger partial charge in [0.15, 0.2) is 0 Å². The predicted molar refractivity (Wildman–Crippen MR) is 86.6 cm³/mol. The van der Waals surface area contributed by atoms with Crippen molar-refractivity contribution < 1.29 is 0 Å². The van der Waals surface area contributed by atoms with Crippen LogP contribution in [-0.2, 0) is 0 Å². The number of rotatable bonds is 3. The zero-order valence-electron chi connectivity index (χ0n) is 12.6. The van der Waals surface area contributed by atoms with Gasteiger partial charge in [0.05, 0.1) is 0 Å². The van der Waals surface area contributed by atoms with Crippen molar-refractivity contribution in [2.24, 2.45) is 0 Å². The molecule has 0 spiro atoms. The molecule has 2 fully saturated rings. The Morgan fingerprint density at radius 2 is 1.55 bits per heavy atom. The van der Waals surface area contributed by atoms with Gasteiger partial charge in [-0.05, 0) is 76.5 Å². The second-order valence-electron chi connectivity index (χ2n) is 6.32. The molecule has 2 aliphatic heterocycles. The molecule has 2 saturated heterocycles. The molecule has 2 heterocycles. The van der Waals surface area contributed by atoms with Crippen LogP contribution in [0.15, 0.2) is 24.3 Å². The topological polar surface area (TPSA) is 18.5 Å². The molecule has 20 heavy (non-hydrogen) atoms. The van der Waals surface area contributed by atoms with Crippen LogP contribution in [0.5, 0.6) is 0 Å². The van der Waals surface area contributed by atoms with Crippen molar-refractivity contribution in [3.8, 4) is 0 Å². The largest absolute Gasteiger partial charge is 0.382 e. The van der Waals surface area contributed by atoms with Gasteiger partial charge in [-0.2, -0.15) is 0 Å². The fraction of sp³-hybridized carbons (Fsp3) is 0.647. The van der Waals surface area contributed by atoms with Crippen LogP contribution in [0.4, 0.5) is 11.4 Å². The summed E-state index contributed by atoms with van der Waals surface area (Å²) in [6.07, 6.45) is 6.59. The Morgan fingerprint density at radius 1 is 0.900 bits per heavy atom. The molecule has 0 amide bonds. The molecular formula is C17H27N3. The molecule has 3 nitrogen and oxygen atoms in total. The molecule has 0 aromatic heterocycles. The van der Waals surface area contributed by atoms with Crippen LogP contribution in [0.25, 0.3) is 0 Å². The van der Waals surface area contributed by atoms with Crippen molar-refractivity contribution in [3.63, 3.8) is 0 Å². The maximum Gasteiger partial charge on any atom is 0.0367 e. The molecule has 0 unspecified atom stereocenters. The van der Waals surface area contributed by atoms with Crippen molar-refractivity contribution in [3.05, 3.63) is 24.3 Å². The number of hydrogen-bond acceptors (Lipinski definition) is 3. The van der Waals surface area contributed by atoms with Gasteiger partial charge in [-0.3, -0.25) is 0 Å². The quantitative estimate of drug-likeness (QED) is 0.912. The maximum atomic E-state index is 3.69. The zero-order valence-corrected chi connectivity index (χ0v) is 12.6. The molecule has 110 valence electrons. The van der Waals surface area contributed by atoms with Gasteiger partial charge >= 0.3 is 0 Å². The molecule has 0 atom stereocenters. The van der Waals surface area contributed by atoms with Crippen LogP contribution in [-0.4, -0.2) is 44.2 Å². The third kappa shape index (κ3) is 3.45. The van der Waals surface area contributed by atoms with Crippen molar-refractivity contribution in [2.45, 2.75) is 38.1 Å². The maximum absolute atomic E-state index is 3.69. The number of nitrogens with one attached hydrogen (secondary N) is 1. The highest BCUT2D eigenvalue weighted by molar-refractivity contribution is 5.55. The second kappa shape index (κ2) is 6.49. The highest BCUT2D eigenvalue weighted by Crippen LogP contribution is 2.23. The lowest BCUT2D eigenvalue weighted by Crippen LogP contribution is -2.36. The summed E-state index contributed by atoms with van der Waals surface area (Å²) in [6.45, 7) is 4.87. The smallest absolute Gasteiger partial charge is 0.0367 e. The van der Waals surface area contributed by atoms with Crippen LogP contribution in [0, 0.1) is 0 Å². The van der Waals surface area contributed by atoms with Crippen LogP contribution in [0.1, 0.15) is 32.1 Å². The van der Waals surface area contributed by atoms with E-state index >= 15 is 0 Å². The number of likely N-dealkylation sites (tertiary alicyclic amines) is 1. The standard InChI is InChI=1S/C17H27N3/c1-19-13-9-16(10-14-19)18-15-5-7-17(8-6-15)20-11-3-2-4-12-20/h5-8,16,18H,2-4,9-14H2,1H3. The van der Waals surface area contributed by atoms with Crippen LogP contribution in [0.3, 0.4) is 0 Å². The van der Waals surface area contributed by atoms with Crippen LogP contribution >= 0.6 is 0 Å². The summed E-state index contributed by atoms with van der Waals surface area (Å²) < 4.78 is 0. The minimum Gasteiger partial charge on any atom is -0.382 e. The number of hydrogen-bond donors (Lipinski definition) is 1. The average Bonchev–Trinajstić information content (AvgIpc) is 2.51. The minimum atomic E-state index is 0.645. The zero-order chi connectivity index (χ0) is 13.8. The van der Waals surface area contributed by atoms with E-state index in [-0.39, 0.29) is 0 Å². The Kier molecular flexibility index (Phi) is 4.46. The number of piperidine rings is 2. The molecule has 3 heteroatoms. The Bertz CT molecular complexity index is 401.